The molecule has 3 aromatic carbocycles. The van der Waals surface area contributed by atoms with Gasteiger partial charge in [0.15, 0.2) is 0 Å². The molecule has 278 valence electrons. The number of rotatable bonds is 18. The number of urea groups is 1. The van der Waals surface area contributed by atoms with E-state index in [9.17, 15) is 24.3 Å². The number of amides is 5. The van der Waals surface area contributed by atoms with Gasteiger partial charge in [0.2, 0.25) is 17.7 Å². The maximum absolute atomic E-state index is 14.5. The number of methoxy groups -OCH3 is 1. The van der Waals surface area contributed by atoms with Gasteiger partial charge in [0.25, 0.3) is 0 Å². The molecule has 5 amide bonds. The SMILES string of the molecule is C=CCNCC(=O)N1[C@@H](NC(=O)NCc2ccccc2)CN(Cc2cccc(N)c2N(CC(=O)NCCOC)NC)C(=O)[C@@H]1Cc1ccc(O)cc1. The molecule has 1 aliphatic heterocycles. The van der Waals surface area contributed by atoms with Crippen LogP contribution >= 0.6 is 0 Å². The average molecular weight is 716 g/mol. The van der Waals surface area contributed by atoms with Crippen LogP contribution in [0.3, 0.4) is 0 Å². The van der Waals surface area contributed by atoms with E-state index in [1.807, 2.05) is 36.4 Å². The van der Waals surface area contributed by atoms with Crippen LogP contribution in [0, 0.1) is 0 Å². The number of carbonyl (C=O) groups excluding carboxylic acids is 4. The number of nitrogens with two attached hydrogens (primary N) is 1. The number of hydrazine groups is 1. The summed E-state index contributed by atoms with van der Waals surface area (Å²) < 4.78 is 5.03. The monoisotopic (exact) mass is 715 g/mol. The Labute approximate surface area is 304 Å². The maximum Gasteiger partial charge on any atom is 0.316 e. The van der Waals surface area contributed by atoms with Gasteiger partial charge < -0.3 is 46.6 Å². The first-order valence-corrected chi connectivity index (χ1v) is 17.0. The largest absolute Gasteiger partial charge is 0.508 e. The van der Waals surface area contributed by atoms with Crippen LogP contribution in [-0.2, 0) is 38.6 Å². The zero-order chi connectivity index (χ0) is 37.5. The summed E-state index contributed by atoms with van der Waals surface area (Å²) in [6, 6.07) is 19.5. The minimum absolute atomic E-state index is 0.0395. The van der Waals surface area contributed by atoms with E-state index in [0.29, 0.717) is 42.2 Å². The first kappa shape index (κ1) is 39.2. The van der Waals surface area contributed by atoms with E-state index >= 15 is 0 Å². The Balaban J connectivity index is 1.68. The second kappa shape index (κ2) is 19.7. The molecule has 15 nitrogen and oxygen atoms in total. The lowest BCUT2D eigenvalue weighted by atomic mass is 9.98. The van der Waals surface area contributed by atoms with Crippen molar-refractivity contribution in [2.24, 2.45) is 0 Å². The quantitative estimate of drug-likeness (QED) is 0.0434. The molecular formula is C37H49N9O6. The molecular weight excluding hydrogens is 666 g/mol. The van der Waals surface area contributed by atoms with Crippen molar-refractivity contribution >= 4 is 35.1 Å². The van der Waals surface area contributed by atoms with Crippen molar-refractivity contribution < 1.29 is 29.0 Å². The third-order valence-electron chi connectivity index (χ3n) is 8.46. The van der Waals surface area contributed by atoms with Crippen molar-refractivity contribution in [2.45, 2.75) is 31.7 Å². The number of phenols is 1. The number of nitrogens with one attached hydrogen (secondary N) is 5. The number of nitrogens with zero attached hydrogens (tertiary/aromatic N) is 3. The van der Waals surface area contributed by atoms with Gasteiger partial charge in [0.1, 0.15) is 24.5 Å². The molecule has 0 saturated carbocycles. The lowest BCUT2D eigenvalue weighted by Gasteiger charge is -2.46. The van der Waals surface area contributed by atoms with Crippen molar-refractivity contribution in [3.63, 3.8) is 0 Å². The Hall–Kier alpha value is -5.64. The minimum atomic E-state index is -1.02. The van der Waals surface area contributed by atoms with Crippen LogP contribution in [0.25, 0.3) is 0 Å². The maximum atomic E-state index is 14.5. The number of ether oxygens (including phenoxy) is 1. The average Bonchev–Trinajstić information content (AvgIpc) is 3.13. The second-order valence-electron chi connectivity index (χ2n) is 12.2. The van der Waals surface area contributed by atoms with Crippen molar-refractivity contribution in [1.29, 1.82) is 0 Å². The molecule has 1 aliphatic rings. The molecule has 0 aliphatic carbocycles. The zero-order valence-corrected chi connectivity index (χ0v) is 29.6. The molecule has 52 heavy (non-hydrogen) atoms. The molecule has 2 atom stereocenters. The number of phenolic OH excluding ortho intramolecular Hbond substituents is 1. The molecule has 0 unspecified atom stereocenters. The molecule has 15 heteroatoms. The minimum Gasteiger partial charge on any atom is -0.508 e. The van der Waals surface area contributed by atoms with Crippen molar-refractivity contribution in [1.82, 2.24) is 36.5 Å². The molecule has 0 radical (unpaired) electrons. The summed E-state index contributed by atoms with van der Waals surface area (Å²) in [5.41, 5.74) is 12.6. The number of carbonyl (C=O) groups is 4. The highest BCUT2D eigenvalue weighted by Crippen LogP contribution is 2.30. The third kappa shape index (κ3) is 10.9. The molecule has 8 N–H and O–H groups in total. The van der Waals surface area contributed by atoms with E-state index in [-0.39, 0.29) is 56.7 Å². The van der Waals surface area contributed by atoms with Crippen LogP contribution in [0.1, 0.15) is 16.7 Å². The highest BCUT2D eigenvalue weighted by atomic mass is 16.5. The number of para-hydroxylation sites is 1. The Morgan fingerprint density at radius 1 is 1.04 bits per heavy atom. The Kier molecular flexibility index (Phi) is 14.8. The highest BCUT2D eigenvalue weighted by molar-refractivity contribution is 5.91. The first-order chi connectivity index (χ1) is 25.1. The Morgan fingerprint density at radius 2 is 1.79 bits per heavy atom. The Bertz CT molecular complexity index is 1660. The third-order valence-corrected chi connectivity index (χ3v) is 8.46. The van der Waals surface area contributed by atoms with E-state index < -0.39 is 24.1 Å². The van der Waals surface area contributed by atoms with Crippen molar-refractivity contribution in [3.8, 4) is 5.75 Å². The summed E-state index contributed by atoms with van der Waals surface area (Å²) in [7, 11) is 3.21. The summed E-state index contributed by atoms with van der Waals surface area (Å²) in [6.45, 7) is 4.83. The molecule has 1 heterocycles. The molecule has 4 rings (SSSR count). The number of hydrogen-bond acceptors (Lipinski definition) is 10. The summed E-state index contributed by atoms with van der Waals surface area (Å²) in [5, 5.41) is 23.1. The molecule has 1 fully saturated rings. The van der Waals surface area contributed by atoms with Gasteiger partial charge in [-0.1, -0.05) is 60.7 Å². The lowest BCUT2D eigenvalue weighted by molar-refractivity contribution is -0.157. The van der Waals surface area contributed by atoms with E-state index in [1.165, 1.54) is 17.0 Å². The summed E-state index contributed by atoms with van der Waals surface area (Å²) >= 11 is 0. The lowest BCUT2D eigenvalue weighted by Crippen LogP contribution is -2.69. The summed E-state index contributed by atoms with van der Waals surface area (Å²) in [6.07, 6.45) is 0.809. The fraction of sp³-hybridized carbons (Fsp3) is 0.351. The normalized spacial score (nSPS) is 15.5. The van der Waals surface area contributed by atoms with Crippen LogP contribution in [0.15, 0.2) is 85.5 Å². The highest BCUT2D eigenvalue weighted by Gasteiger charge is 2.44. The van der Waals surface area contributed by atoms with Gasteiger partial charge in [0, 0.05) is 46.8 Å². The van der Waals surface area contributed by atoms with E-state index in [1.54, 1.807) is 54.4 Å². The van der Waals surface area contributed by atoms with Gasteiger partial charge in [-0.2, -0.15) is 0 Å². The number of benzene rings is 3. The van der Waals surface area contributed by atoms with Gasteiger partial charge in [-0.3, -0.25) is 19.4 Å². The standard InChI is InChI=1S/C37H49N9O6/c1-4-17-40-22-34(49)46-31(20-26-13-15-29(47)16-14-26)36(50)44(24-32(46)43-37(51)42-21-27-9-6-5-7-10-27)23-28-11-8-12-30(38)35(28)45(39-2)25-33(48)41-18-19-52-3/h4-16,31-32,39-40,47H,1,17-25,38H2,2-3H3,(H,41,48)(H2,42,43,51)/t31-,32+/m0/s1. The van der Waals surface area contributed by atoms with Gasteiger partial charge >= 0.3 is 6.03 Å². The van der Waals surface area contributed by atoms with Crippen molar-refractivity contribution in [3.05, 3.63) is 102 Å². The van der Waals surface area contributed by atoms with Crippen LogP contribution in [0.4, 0.5) is 16.2 Å². The zero-order valence-electron chi connectivity index (χ0n) is 29.6. The molecule has 0 aromatic heterocycles. The topological polar surface area (TPSA) is 194 Å². The van der Waals surface area contributed by atoms with E-state index in [4.69, 9.17) is 10.5 Å². The molecule has 1 saturated heterocycles. The summed E-state index contributed by atoms with van der Waals surface area (Å²) in [4.78, 5) is 57.6. The van der Waals surface area contributed by atoms with Gasteiger partial charge in [-0.25, -0.2) is 10.2 Å². The number of nitrogen functional groups attached to an aromatic ring is 1. The number of piperazine rings is 1. The van der Waals surface area contributed by atoms with E-state index in [2.05, 4.69) is 33.3 Å². The first-order valence-electron chi connectivity index (χ1n) is 17.0. The van der Waals surface area contributed by atoms with E-state index in [0.717, 1.165) is 5.56 Å². The smallest absolute Gasteiger partial charge is 0.316 e. The number of anilines is 2. The van der Waals surface area contributed by atoms with Gasteiger partial charge in [0.05, 0.1) is 31.1 Å². The molecule has 3 aromatic rings. The number of hydrogen-bond donors (Lipinski definition) is 7. The fourth-order valence-corrected chi connectivity index (χ4v) is 5.97. The predicted octanol–water partition coefficient (Wildman–Crippen LogP) is 1.06. The summed E-state index contributed by atoms with van der Waals surface area (Å²) in [5.74, 6) is -0.951. The van der Waals surface area contributed by atoms with Crippen LogP contribution in [0.2, 0.25) is 0 Å². The molecule has 0 spiro atoms. The van der Waals surface area contributed by atoms with Crippen molar-refractivity contribution in [2.75, 3.05) is 64.2 Å². The fourth-order valence-electron chi connectivity index (χ4n) is 5.97. The molecule has 0 bridgehead atoms. The van der Waals surface area contributed by atoms with Crippen LogP contribution in [0.5, 0.6) is 5.75 Å². The Morgan fingerprint density at radius 3 is 2.48 bits per heavy atom. The van der Waals surface area contributed by atoms with Gasteiger partial charge in [-0.15, -0.1) is 6.58 Å². The van der Waals surface area contributed by atoms with Crippen LogP contribution < -0.4 is 37.4 Å². The predicted molar refractivity (Wildman–Crippen MR) is 199 cm³/mol. The van der Waals surface area contributed by atoms with Crippen LogP contribution in [-0.4, -0.2) is 104 Å². The van der Waals surface area contributed by atoms with Gasteiger partial charge in [-0.05, 0) is 34.9 Å². The second-order valence-corrected chi connectivity index (χ2v) is 12.2. The number of aromatic hydroxyl groups is 1.